The van der Waals surface area contributed by atoms with E-state index in [1.807, 2.05) is 11.8 Å². The summed E-state index contributed by atoms with van der Waals surface area (Å²) in [6, 6.07) is 0.815. The molecule has 0 spiro atoms. The van der Waals surface area contributed by atoms with Gasteiger partial charge in [0.05, 0.1) is 18.6 Å². The predicted molar refractivity (Wildman–Crippen MR) is 105 cm³/mol. The lowest BCUT2D eigenvalue weighted by molar-refractivity contribution is -0.121. The molecule has 0 saturated carbocycles. The lowest BCUT2D eigenvalue weighted by Crippen LogP contribution is -2.31. The number of hydrogen-bond acceptors (Lipinski definition) is 5. The second-order valence-corrected chi connectivity index (χ2v) is 7.51. The van der Waals surface area contributed by atoms with Gasteiger partial charge in [-0.2, -0.15) is 11.8 Å². The van der Waals surface area contributed by atoms with Crippen molar-refractivity contribution < 1.29 is 14.4 Å². The number of urea groups is 1. The van der Waals surface area contributed by atoms with Crippen molar-refractivity contribution in [3.05, 3.63) is 0 Å². The molecular formula is C17H33N5O3S. The number of nitrogens with one attached hydrogen (secondary N) is 4. The molecule has 2 aliphatic heterocycles. The predicted octanol–water partition coefficient (Wildman–Crippen LogP) is 0.321. The van der Waals surface area contributed by atoms with Crippen LogP contribution in [0.5, 0.6) is 0 Å². The average molecular weight is 388 g/mol. The number of unbranched alkanes of at least 4 members (excludes halogenated alkanes) is 3. The SMILES string of the molecule is CCCCC(=O)NCCCCCNC(=O)CN.O=C1NC2CSCC2N1. The van der Waals surface area contributed by atoms with Crippen molar-refractivity contribution in [1.29, 1.82) is 0 Å². The lowest BCUT2D eigenvalue weighted by atomic mass is 10.2. The normalized spacial score (nSPS) is 20.3. The van der Waals surface area contributed by atoms with Crippen LogP contribution in [-0.4, -0.2) is 61.1 Å². The van der Waals surface area contributed by atoms with Crippen LogP contribution in [0.2, 0.25) is 0 Å². The first kappa shape index (κ1) is 22.6. The van der Waals surface area contributed by atoms with Gasteiger partial charge in [-0.1, -0.05) is 13.3 Å². The van der Waals surface area contributed by atoms with Crippen LogP contribution in [-0.2, 0) is 9.59 Å². The highest BCUT2D eigenvalue weighted by Crippen LogP contribution is 2.20. The number of nitrogens with two attached hydrogens (primary N) is 1. The van der Waals surface area contributed by atoms with E-state index >= 15 is 0 Å². The number of hydrogen-bond donors (Lipinski definition) is 5. The average Bonchev–Trinajstić information content (AvgIpc) is 3.19. The fourth-order valence-electron chi connectivity index (χ4n) is 2.60. The molecule has 2 fully saturated rings. The Bertz CT molecular complexity index is 436. The molecule has 0 aliphatic carbocycles. The third kappa shape index (κ3) is 9.86. The van der Waals surface area contributed by atoms with E-state index in [4.69, 9.17) is 5.73 Å². The fraction of sp³-hybridized carbons (Fsp3) is 0.824. The van der Waals surface area contributed by atoms with E-state index in [1.165, 1.54) is 0 Å². The summed E-state index contributed by atoms with van der Waals surface area (Å²) in [5.41, 5.74) is 5.15. The smallest absolute Gasteiger partial charge is 0.315 e. The van der Waals surface area contributed by atoms with E-state index in [0.717, 1.165) is 50.2 Å². The Labute approximate surface area is 160 Å². The molecule has 2 atom stereocenters. The highest BCUT2D eigenvalue weighted by molar-refractivity contribution is 7.99. The molecule has 0 radical (unpaired) electrons. The Kier molecular flexibility index (Phi) is 11.9. The summed E-state index contributed by atoms with van der Waals surface area (Å²) in [7, 11) is 0. The van der Waals surface area contributed by atoms with Gasteiger partial charge in [0.15, 0.2) is 0 Å². The summed E-state index contributed by atoms with van der Waals surface area (Å²) in [5.74, 6) is 2.17. The standard InChI is InChI=1S/C12H25N3O2.C5H8N2OS/c1-2-3-7-11(16)14-8-5-4-6-9-15-12(17)10-13;8-5-6-3-1-9-2-4(3)7-5/h2-10,13H2,1H3,(H,14,16)(H,15,17);3-4H,1-2H2,(H2,6,7,8). The van der Waals surface area contributed by atoms with Crippen LogP contribution in [0.3, 0.4) is 0 Å². The van der Waals surface area contributed by atoms with Crippen molar-refractivity contribution in [3.8, 4) is 0 Å². The zero-order chi connectivity index (χ0) is 19.2. The van der Waals surface area contributed by atoms with Gasteiger partial charge in [-0.05, 0) is 25.7 Å². The van der Waals surface area contributed by atoms with Crippen molar-refractivity contribution >= 4 is 29.6 Å². The molecule has 8 nitrogen and oxygen atoms in total. The summed E-state index contributed by atoms with van der Waals surface area (Å²) in [6.45, 7) is 3.52. The number of carbonyl (C=O) groups excluding carboxylic acids is 3. The molecule has 4 amide bonds. The van der Waals surface area contributed by atoms with Crippen molar-refractivity contribution in [2.45, 2.75) is 57.5 Å². The molecule has 9 heteroatoms. The van der Waals surface area contributed by atoms with Gasteiger partial charge in [0.2, 0.25) is 11.8 Å². The summed E-state index contributed by atoms with van der Waals surface area (Å²) < 4.78 is 0. The molecule has 0 aromatic carbocycles. The molecule has 6 N–H and O–H groups in total. The summed E-state index contributed by atoms with van der Waals surface area (Å²) >= 11 is 1.89. The molecule has 0 bridgehead atoms. The largest absolute Gasteiger partial charge is 0.356 e. The van der Waals surface area contributed by atoms with E-state index in [9.17, 15) is 14.4 Å². The van der Waals surface area contributed by atoms with Gasteiger partial charge < -0.3 is 27.0 Å². The first-order valence-electron chi connectivity index (χ1n) is 9.45. The van der Waals surface area contributed by atoms with Crippen LogP contribution < -0.4 is 27.0 Å². The molecule has 26 heavy (non-hydrogen) atoms. The highest BCUT2D eigenvalue weighted by Gasteiger charge is 2.35. The minimum Gasteiger partial charge on any atom is -0.356 e. The lowest BCUT2D eigenvalue weighted by Gasteiger charge is -2.05. The van der Waals surface area contributed by atoms with E-state index in [0.29, 0.717) is 25.0 Å². The second kappa shape index (κ2) is 13.7. The number of rotatable bonds is 10. The van der Waals surface area contributed by atoms with Gasteiger partial charge >= 0.3 is 6.03 Å². The van der Waals surface area contributed by atoms with Gasteiger partial charge in [-0.3, -0.25) is 9.59 Å². The zero-order valence-corrected chi connectivity index (χ0v) is 16.5. The number of fused-ring (bicyclic) bond motifs is 1. The van der Waals surface area contributed by atoms with E-state index in [1.54, 1.807) is 0 Å². The van der Waals surface area contributed by atoms with E-state index < -0.39 is 0 Å². The maximum Gasteiger partial charge on any atom is 0.315 e. The molecule has 2 aliphatic rings. The highest BCUT2D eigenvalue weighted by atomic mass is 32.2. The Morgan fingerprint density at radius 3 is 2.15 bits per heavy atom. The summed E-state index contributed by atoms with van der Waals surface area (Å²) in [5, 5.41) is 11.3. The molecule has 2 saturated heterocycles. The topological polar surface area (TPSA) is 125 Å². The molecule has 2 rings (SSSR count). The zero-order valence-electron chi connectivity index (χ0n) is 15.6. The van der Waals surface area contributed by atoms with Crippen LogP contribution in [0, 0.1) is 0 Å². The maximum absolute atomic E-state index is 11.2. The van der Waals surface area contributed by atoms with Crippen molar-refractivity contribution in [2.24, 2.45) is 5.73 Å². The minimum absolute atomic E-state index is 0.00491. The second-order valence-electron chi connectivity index (χ2n) is 6.44. The van der Waals surface area contributed by atoms with Gasteiger partial charge in [-0.25, -0.2) is 4.79 Å². The Hall–Kier alpha value is -1.48. The third-order valence-electron chi connectivity index (χ3n) is 4.15. The molecule has 0 aromatic rings. The van der Waals surface area contributed by atoms with Crippen LogP contribution in [0.4, 0.5) is 4.79 Å². The van der Waals surface area contributed by atoms with Crippen molar-refractivity contribution in [2.75, 3.05) is 31.1 Å². The van der Waals surface area contributed by atoms with Gasteiger partial charge in [0, 0.05) is 31.0 Å². The molecule has 0 aromatic heterocycles. The maximum atomic E-state index is 11.2. The summed E-state index contributed by atoms with van der Waals surface area (Å²) in [4.78, 5) is 32.7. The Morgan fingerprint density at radius 1 is 1.04 bits per heavy atom. The van der Waals surface area contributed by atoms with Gasteiger partial charge in [-0.15, -0.1) is 0 Å². The first-order chi connectivity index (χ1) is 12.6. The molecule has 2 heterocycles. The van der Waals surface area contributed by atoms with E-state index in [2.05, 4.69) is 28.2 Å². The van der Waals surface area contributed by atoms with E-state index in [-0.39, 0.29) is 24.4 Å². The first-order valence-corrected chi connectivity index (χ1v) is 10.6. The van der Waals surface area contributed by atoms with Crippen LogP contribution in [0.25, 0.3) is 0 Å². The van der Waals surface area contributed by atoms with Gasteiger partial charge in [0.1, 0.15) is 0 Å². The molecular weight excluding hydrogens is 354 g/mol. The molecule has 150 valence electrons. The number of thioether (sulfide) groups is 1. The van der Waals surface area contributed by atoms with Gasteiger partial charge in [0.25, 0.3) is 0 Å². The number of amides is 4. The van der Waals surface area contributed by atoms with Crippen LogP contribution in [0.15, 0.2) is 0 Å². The third-order valence-corrected chi connectivity index (χ3v) is 5.34. The minimum atomic E-state index is -0.113. The van der Waals surface area contributed by atoms with Crippen LogP contribution >= 0.6 is 11.8 Å². The quantitative estimate of drug-likeness (QED) is 0.273. The van der Waals surface area contributed by atoms with Crippen molar-refractivity contribution in [1.82, 2.24) is 21.3 Å². The summed E-state index contributed by atoms with van der Waals surface area (Å²) in [6.07, 6.45) is 5.51. The fourth-order valence-corrected chi connectivity index (χ4v) is 3.87. The van der Waals surface area contributed by atoms with Crippen molar-refractivity contribution in [3.63, 3.8) is 0 Å². The molecule has 2 unspecified atom stereocenters. The Morgan fingerprint density at radius 2 is 1.62 bits per heavy atom. The monoisotopic (exact) mass is 387 g/mol. The van der Waals surface area contributed by atoms with Crippen LogP contribution in [0.1, 0.15) is 45.4 Å². The number of carbonyl (C=O) groups is 3. The Balaban J connectivity index is 0.000000308.